The number of rotatable bonds is 7. The quantitative estimate of drug-likeness (QED) is 0.592. The van der Waals surface area contributed by atoms with Gasteiger partial charge in [0.05, 0.1) is 0 Å². The van der Waals surface area contributed by atoms with E-state index in [1.54, 1.807) is 18.7 Å². The minimum absolute atomic E-state index is 0.0865. The number of aromatic nitrogens is 2. The second kappa shape index (κ2) is 8.98. The number of ether oxygens (including phenoxy) is 1. The first-order chi connectivity index (χ1) is 12.6. The molecule has 3 aromatic rings. The van der Waals surface area contributed by atoms with Gasteiger partial charge in [0.2, 0.25) is 5.91 Å². The van der Waals surface area contributed by atoms with E-state index in [2.05, 4.69) is 31.4 Å². The maximum absolute atomic E-state index is 11.9. The largest absolute Gasteiger partial charge is 0.362 e. The van der Waals surface area contributed by atoms with Gasteiger partial charge in [0.15, 0.2) is 5.82 Å². The molecule has 0 saturated heterocycles. The summed E-state index contributed by atoms with van der Waals surface area (Å²) in [6.07, 6.45) is 0. The van der Waals surface area contributed by atoms with Crippen LogP contribution in [0.3, 0.4) is 0 Å². The number of hydrogen-bond acceptors (Lipinski definition) is 6. The van der Waals surface area contributed by atoms with Crippen molar-refractivity contribution in [3.05, 3.63) is 64.7 Å². The number of halogens is 1. The van der Waals surface area contributed by atoms with E-state index in [1.165, 1.54) is 0 Å². The molecule has 0 atom stereocenters. The van der Waals surface area contributed by atoms with Crippen LogP contribution >= 0.6 is 27.7 Å². The van der Waals surface area contributed by atoms with Crippen LogP contribution < -0.4 is 5.32 Å². The summed E-state index contributed by atoms with van der Waals surface area (Å²) in [5, 5.41) is 6.44. The highest BCUT2D eigenvalue weighted by molar-refractivity contribution is 9.10. The second-order valence-corrected chi connectivity index (χ2v) is 7.42. The first-order valence-electron chi connectivity index (χ1n) is 7.79. The first kappa shape index (κ1) is 18.6. The molecule has 0 bridgehead atoms. The van der Waals surface area contributed by atoms with E-state index < -0.39 is 0 Å². The number of nitrogens with one attached hydrogen (secondary N) is 1. The molecule has 1 amide bonds. The lowest BCUT2D eigenvalue weighted by Gasteiger charge is -2.07. The van der Waals surface area contributed by atoms with E-state index in [9.17, 15) is 4.79 Å². The summed E-state index contributed by atoms with van der Waals surface area (Å²) in [6, 6.07) is 15.8. The van der Waals surface area contributed by atoms with Crippen molar-refractivity contribution in [3.63, 3.8) is 0 Å². The lowest BCUT2D eigenvalue weighted by atomic mass is 10.3. The van der Waals surface area contributed by atoms with Crippen LogP contribution in [0.5, 0.6) is 0 Å². The van der Waals surface area contributed by atoms with Gasteiger partial charge in [-0.05, 0) is 55.5 Å². The smallest absolute Gasteiger partial charge is 0.252 e. The summed E-state index contributed by atoms with van der Waals surface area (Å²) in [5.41, 5.74) is 0.715. The maximum Gasteiger partial charge on any atom is 0.252 e. The van der Waals surface area contributed by atoms with Gasteiger partial charge in [-0.25, -0.2) is 0 Å². The highest BCUT2D eigenvalue weighted by atomic mass is 79.9. The Labute approximate surface area is 163 Å². The van der Waals surface area contributed by atoms with Crippen LogP contribution in [0.25, 0.3) is 0 Å². The Balaban J connectivity index is 1.45. The van der Waals surface area contributed by atoms with E-state index in [1.807, 2.05) is 48.5 Å². The molecule has 2 aromatic carbocycles. The fraction of sp³-hybridized carbons (Fsp3) is 0.167. The van der Waals surface area contributed by atoms with Crippen molar-refractivity contribution in [2.24, 2.45) is 0 Å². The van der Waals surface area contributed by atoms with Gasteiger partial charge in [-0.15, -0.1) is 0 Å². The predicted molar refractivity (Wildman–Crippen MR) is 102 cm³/mol. The molecule has 8 heteroatoms. The Morgan fingerprint density at radius 1 is 1.15 bits per heavy atom. The van der Waals surface area contributed by atoms with Crippen LogP contribution in [0.1, 0.15) is 11.7 Å². The zero-order chi connectivity index (χ0) is 18.4. The van der Waals surface area contributed by atoms with Gasteiger partial charge < -0.3 is 14.6 Å². The minimum Gasteiger partial charge on any atom is -0.362 e. The van der Waals surface area contributed by atoms with Gasteiger partial charge >= 0.3 is 0 Å². The molecule has 1 aromatic heterocycles. The number of nitrogens with zero attached hydrogens (tertiary/aromatic N) is 2. The van der Waals surface area contributed by atoms with E-state index in [4.69, 9.17) is 9.26 Å². The summed E-state index contributed by atoms with van der Waals surface area (Å²) in [6.45, 7) is 1.74. The lowest BCUT2D eigenvalue weighted by molar-refractivity contribution is -0.121. The number of carbonyl (C=O) groups is 1. The van der Waals surface area contributed by atoms with Crippen molar-refractivity contribution in [3.8, 4) is 0 Å². The standard InChI is InChI=1S/C18H16BrN3O3S/c1-12-20-18(25-22-12)11-24-10-17(23)21-14-4-8-16(9-5-14)26-15-6-2-13(19)3-7-15/h2-9H,10-11H2,1H3,(H,21,23). The van der Waals surface area contributed by atoms with Crippen LogP contribution in [0.15, 0.2) is 67.3 Å². The van der Waals surface area contributed by atoms with Crippen LogP contribution in [0, 0.1) is 6.92 Å². The van der Waals surface area contributed by atoms with Crippen molar-refractivity contribution >= 4 is 39.3 Å². The molecule has 0 spiro atoms. The highest BCUT2D eigenvalue weighted by Crippen LogP contribution is 2.29. The molecule has 3 rings (SSSR count). The van der Waals surface area contributed by atoms with E-state index in [-0.39, 0.29) is 19.1 Å². The molecule has 0 radical (unpaired) electrons. The van der Waals surface area contributed by atoms with Crippen molar-refractivity contribution in [2.45, 2.75) is 23.3 Å². The van der Waals surface area contributed by atoms with Crippen molar-refractivity contribution in [1.82, 2.24) is 10.1 Å². The number of anilines is 1. The first-order valence-corrected chi connectivity index (χ1v) is 9.40. The number of hydrogen-bond donors (Lipinski definition) is 1. The highest BCUT2D eigenvalue weighted by Gasteiger charge is 2.06. The normalized spacial score (nSPS) is 10.7. The zero-order valence-corrected chi connectivity index (χ0v) is 16.3. The average molecular weight is 434 g/mol. The molecule has 0 unspecified atom stereocenters. The zero-order valence-electron chi connectivity index (χ0n) is 13.9. The van der Waals surface area contributed by atoms with Crippen LogP contribution in [-0.2, 0) is 16.1 Å². The van der Waals surface area contributed by atoms with Crippen molar-refractivity contribution in [1.29, 1.82) is 0 Å². The third-order valence-electron chi connectivity index (χ3n) is 3.22. The molecule has 1 heterocycles. The van der Waals surface area contributed by atoms with Gasteiger partial charge in [0.25, 0.3) is 5.89 Å². The Hall–Kier alpha value is -2.16. The molecule has 1 N–H and O–H groups in total. The van der Waals surface area contributed by atoms with E-state index >= 15 is 0 Å². The molecule has 0 aliphatic rings. The van der Waals surface area contributed by atoms with Gasteiger partial charge in [-0.3, -0.25) is 4.79 Å². The molecule has 6 nitrogen and oxygen atoms in total. The Morgan fingerprint density at radius 3 is 2.42 bits per heavy atom. The van der Waals surface area contributed by atoms with Gasteiger partial charge in [-0.1, -0.05) is 32.8 Å². The van der Waals surface area contributed by atoms with Gasteiger partial charge in [0.1, 0.15) is 13.2 Å². The number of aryl methyl sites for hydroxylation is 1. The molecule has 0 aliphatic heterocycles. The van der Waals surface area contributed by atoms with Gasteiger partial charge in [0, 0.05) is 20.0 Å². The summed E-state index contributed by atoms with van der Waals surface area (Å²) in [4.78, 5) is 18.1. The fourth-order valence-corrected chi connectivity index (χ4v) is 3.15. The Morgan fingerprint density at radius 2 is 1.81 bits per heavy atom. The topological polar surface area (TPSA) is 77.2 Å². The fourth-order valence-electron chi connectivity index (χ4n) is 2.07. The molecular weight excluding hydrogens is 418 g/mol. The summed E-state index contributed by atoms with van der Waals surface area (Å²) < 4.78 is 11.2. The summed E-state index contributed by atoms with van der Waals surface area (Å²) in [5.74, 6) is 0.647. The summed E-state index contributed by atoms with van der Waals surface area (Å²) in [7, 11) is 0. The van der Waals surface area contributed by atoms with Crippen molar-refractivity contribution in [2.75, 3.05) is 11.9 Å². The summed E-state index contributed by atoms with van der Waals surface area (Å²) >= 11 is 5.08. The SMILES string of the molecule is Cc1noc(COCC(=O)Nc2ccc(Sc3ccc(Br)cc3)cc2)n1. The Bertz CT molecular complexity index is 866. The molecule has 0 fully saturated rings. The monoisotopic (exact) mass is 433 g/mol. The molecule has 0 saturated carbocycles. The number of amides is 1. The van der Waals surface area contributed by atoms with Gasteiger partial charge in [-0.2, -0.15) is 4.98 Å². The Kier molecular flexibility index (Phi) is 6.43. The van der Waals surface area contributed by atoms with Crippen LogP contribution in [-0.4, -0.2) is 22.7 Å². The number of carbonyl (C=O) groups excluding carboxylic acids is 1. The molecule has 26 heavy (non-hydrogen) atoms. The maximum atomic E-state index is 11.9. The van der Waals surface area contributed by atoms with Crippen molar-refractivity contribution < 1.29 is 14.1 Å². The number of benzene rings is 2. The second-order valence-electron chi connectivity index (χ2n) is 5.36. The molecule has 0 aliphatic carbocycles. The molecule has 134 valence electrons. The third kappa shape index (κ3) is 5.69. The average Bonchev–Trinajstić information content (AvgIpc) is 3.04. The van der Waals surface area contributed by atoms with E-state index in [0.717, 1.165) is 14.3 Å². The lowest BCUT2D eigenvalue weighted by Crippen LogP contribution is -2.18. The van der Waals surface area contributed by atoms with Crippen LogP contribution in [0.4, 0.5) is 5.69 Å². The van der Waals surface area contributed by atoms with E-state index in [0.29, 0.717) is 17.4 Å². The minimum atomic E-state index is -0.241. The van der Waals surface area contributed by atoms with Crippen LogP contribution in [0.2, 0.25) is 0 Å². The molecular formula is C18H16BrN3O3S. The predicted octanol–water partition coefficient (Wildman–Crippen LogP) is 4.45. The third-order valence-corrected chi connectivity index (χ3v) is 4.76.